The van der Waals surface area contributed by atoms with E-state index >= 15 is 0 Å². The summed E-state index contributed by atoms with van der Waals surface area (Å²) in [6.45, 7) is 7.33. The first-order valence-electron chi connectivity index (χ1n) is 11.8. The van der Waals surface area contributed by atoms with Crippen LogP contribution in [0.2, 0.25) is 0 Å². The average molecular weight is 429 g/mol. The Hall–Kier alpha value is -2.12. The molecule has 3 saturated heterocycles. The van der Waals surface area contributed by atoms with Gasteiger partial charge in [-0.1, -0.05) is 18.2 Å². The van der Waals surface area contributed by atoms with Crippen molar-refractivity contribution in [2.24, 2.45) is 5.92 Å². The molecule has 0 bridgehead atoms. The molecule has 3 aliphatic heterocycles. The number of ether oxygens (including phenoxy) is 1. The summed E-state index contributed by atoms with van der Waals surface area (Å²) in [6, 6.07) is 10.1. The van der Waals surface area contributed by atoms with E-state index in [1.165, 1.54) is 19.4 Å². The number of nitrogens with zero attached hydrogens (tertiary/aromatic N) is 4. The molecule has 7 nitrogen and oxygen atoms in total. The van der Waals surface area contributed by atoms with Gasteiger partial charge in [-0.3, -0.25) is 14.5 Å². The summed E-state index contributed by atoms with van der Waals surface area (Å²) in [5, 5.41) is 0. The van der Waals surface area contributed by atoms with E-state index in [2.05, 4.69) is 21.7 Å². The van der Waals surface area contributed by atoms with Crippen LogP contribution in [0.25, 0.3) is 0 Å². The zero-order chi connectivity index (χ0) is 21.6. The smallest absolute Gasteiger partial charge is 0.260 e. The van der Waals surface area contributed by atoms with Crippen LogP contribution < -0.4 is 4.74 Å². The first-order valence-corrected chi connectivity index (χ1v) is 11.8. The number of carbonyl (C=O) groups excluding carboxylic acids is 2. The summed E-state index contributed by atoms with van der Waals surface area (Å²) in [7, 11) is 2.21. The van der Waals surface area contributed by atoms with Gasteiger partial charge in [0, 0.05) is 57.8 Å². The SMILES string of the molecule is CN1CCCC(N2CCN(C(=O)C3CCN(C(=O)COc4ccccc4)CC3)CC2)C1. The number of piperidine rings is 2. The van der Waals surface area contributed by atoms with Gasteiger partial charge in [0.1, 0.15) is 5.75 Å². The maximum absolute atomic E-state index is 13.0. The number of carbonyl (C=O) groups is 2. The van der Waals surface area contributed by atoms with E-state index in [0.717, 1.165) is 45.6 Å². The van der Waals surface area contributed by atoms with Crippen molar-refractivity contribution >= 4 is 11.8 Å². The minimum Gasteiger partial charge on any atom is -0.484 e. The molecule has 0 saturated carbocycles. The van der Waals surface area contributed by atoms with Crippen molar-refractivity contribution in [1.82, 2.24) is 19.6 Å². The van der Waals surface area contributed by atoms with Gasteiger partial charge in [-0.15, -0.1) is 0 Å². The second kappa shape index (κ2) is 10.5. The summed E-state index contributed by atoms with van der Waals surface area (Å²) in [5.74, 6) is 1.04. The summed E-state index contributed by atoms with van der Waals surface area (Å²) >= 11 is 0. The number of amides is 2. The predicted octanol–water partition coefficient (Wildman–Crippen LogP) is 1.54. The Bertz CT molecular complexity index is 728. The predicted molar refractivity (Wildman–Crippen MR) is 120 cm³/mol. The summed E-state index contributed by atoms with van der Waals surface area (Å²) < 4.78 is 5.58. The summed E-state index contributed by atoms with van der Waals surface area (Å²) in [5.41, 5.74) is 0. The Kier molecular flexibility index (Phi) is 7.45. The fourth-order valence-corrected chi connectivity index (χ4v) is 5.13. The number of para-hydroxylation sites is 1. The molecule has 0 radical (unpaired) electrons. The molecule has 1 unspecified atom stereocenters. The lowest BCUT2D eigenvalue weighted by Crippen LogP contribution is -2.56. The molecule has 7 heteroatoms. The Morgan fingerprint density at radius 1 is 0.903 bits per heavy atom. The summed E-state index contributed by atoms with van der Waals surface area (Å²) in [6.07, 6.45) is 4.06. The number of hydrogen-bond acceptors (Lipinski definition) is 5. The molecule has 3 aliphatic rings. The van der Waals surface area contributed by atoms with Crippen LogP contribution in [-0.2, 0) is 9.59 Å². The molecule has 0 N–H and O–H groups in total. The molecule has 2 amide bonds. The van der Waals surface area contributed by atoms with Crippen molar-refractivity contribution in [3.63, 3.8) is 0 Å². The van der Waals surface area contributed by atoms with E-state index in [1.807, 2.05) is 35.2 Å². The average Bonchev–Trinajstić information content (AvgIpc) is 2.83. The van der Waals surface area contributed by atoms with Gasteiger partial charge in [0.25, 0.3) is 5.91 Å². The molecule has 3 heterocycles. The van der Waals surface area contributed by atoms with Crippen LogP contribution in [0.4, 0.5) is 0 Å². The Labute approximate surface area is 185 Å². The van der Waals surface area contributed by atoms with Gasteiger partial charge < -0.3 is 19.4 Å². The summed E-state index contributed by atoms with van der Waals surface area (Å²) in [4.78, 5) is 34.4. The first-order chi connectivity index (χ1) is 15.1. The first kappa shape index (κ1) is 22.1. The molecular formula is C24H36N4O3. The number of likely N-dealkylation sites (N-methyl/N-ethyl adjacent to an activating group) is 1. The third-order valence-corrected chi connectivity index (χ3v) is 7.04. The van der Waals surface area contributed by atoms with Crippen LogP contribution in [0, 0.1) is 5.92 Å². The number of hydrogen-bond donors (Lipinski definition) is 0. The molecule has 31 heavy (non-hydrogen) atoms. The second-order valence-corrected chi connectivity index (χ2v) is 9.18. The third kappa shape index (κ3) is 5.77. The molecule has 1 aromatic rings. The fraction of sp³-hybridized carbons (Fsp3) is 0.667. The van der Waals surface area contributed by atoms with Crippen LogP contribution in [0.1, 0.15) is 25.7 Å². The fourth-order valence-electron chi connectivity index (χ4n) is 5.13. The molecule has 3 fully saturated rings. The Morgan fingerprint density at radius 2 is 1.61 bits per heavy atom. The lowest BCUT2D eigenvalue weighted by molar-refractivity contribution is -0.143. The van der Waals surface area contributed by atoms with E-state index in [0.29, 0.717) is 24.9 Å². The van der Waals surface area contributed by atoms with Crippen molar-refractivity contribution in [2.75, 3.05) is 66.0 Å². The molecule has 170 valence electrons. The van der Waals surface area contributed by atoms with Gasteiger partial charge >= 0.3 is 0 Å². The molecule has 1 atom stereocenters. The minimum atomic E-state index is 0.000756. The standard InChI is InChI=1S/C24H36N4O3/c1-25-11-5-6-21(18-25)26-14-16-28(17-15-26)24(30)20-9-12-27(13-10-20)23(29)19-31-22-7-3-2-4-8-22/h2-4,7-8,20-21H,5-6,9-19H2,1H3. The molecule has 0 aliphatic carbocycles. The largest absolute Gasteiger partial charge is 0.484 e. The number of benzene rings is 1. The highest BCUT2D eigenvalue weighted by Crippen LogP contribution is 2.22. The normalized spacial score (nSPS) is 24.2. The van der Waals surface area contributed by atoms with Gasteiger partial charge in [-0.05, 0) is 51.4 Å². The Morgan fingerprint density at radius 3 is 2.29 bits per heavy atom. The Balaban J connectivity index is 1.18. The molecule has 4 rings (SSSR count). The van der Waals surface area contributed by atoms with E-state index < -0.39 is 0 Å². The zero-order valence-electron chi connectivity index (χ0n) is 18.7. The minimum absolute atomic E-state index is 0.000756. The number of piperazine rings is 1. The van der Waals surface area contributed by atoms with Crippen molar-refractivity contribution in [1.29, 1.82) is 0 Å². The molecule has 1 aromatic carbocycles. The highest BCUT2D eigenvalue weighted by molar-refractivity contribution is 5.80. The maximum Gasteiger partial charge on any atom is 0.260 e. The van der Waals surface area contributed by atoms with Crippen molar-refractivity contribution < 1.29 is 14.3 Å². The van der Waals surface area contributed by atoms with E-state index in [9.17, 15) is 9.59 Å². The van der Waals surface area contributed by atoms with Crippen LogP contribution >= 0.6 is 0 Å². The zero-order valence-corrected chi connectivity index (χ0v) is 18.7. The number of likely N-dealkylation sites (tertiary alicyclic amines) is 2. The third-order valence-electron chi connectivity index (χ3n) is 7.04. The molecular weight excluding hydrogens is 392 g/mol. The van der Waals surface area contributed by atoms with Gasteiger partial charge in [0.15, 0.2) is 6.61 Å². The van der Waals surface area contributed by atoms with Gasteiger partial charge in [-0.25, -0.2) is 0 Å². The van der Waals surface area contributed by atoms with Crippen LogP contribution in [-0.4, -0.2) is 103 Å². The van der Waals surface area contributed by atoms with Crippen molar-refractivity contribution in [2.45, 2.75) is 31.7 Å². The molecule has 0 aromatic heterocycles. The number of rotatable bonds is 5. The van der Waals surface area contributed by atoms with E-state index in [-0.39, 0.29) is 24.3 Å². The van der Waals surface area contributed by atoms with Gasteiger partial charge in [-0.2, -0.15) is 0 Å². The van der Waals surface area contributed by atoms with Crippen molar-refractivity contribution in [3.8, 4) is 5.75 Å². The topological polar surface area (TPSA) is 56.3 Å². The van der Waals surface area contributed by atoms with Crippen LogP contribution in [0.5, 0.6) is 5.75 Å². The molecule has 0 spiro atoms. The highest BCUT2D eigenvalue weighted by Gasteiger charge is 2.33. The monoisotopic (exact) mass is 428 g/mol. The highest BCUT2D eigenvalue weighted by atomic mass is 16.5. The van der Waals surface area contributed by atoms with E-state index in [1.54, 1.807) is 0 Å². The van der Waals surface area contributed by atoms with Gasteiger partial charge in [0.05, 0.1) is 0 Å². The maximum atomic E-state index is 13.0. The van der Waals surface area contributed by atoms with Crippen LogP contribution in [0.15, 0.2) is 30.3 Å². The van der Waals surface area contributed by atoms with E-state index in [4.69, 9.17) is 4.74 Å². The lowest BCUT2D eigenvalue weighted by Gasteiger charge is -2.43. The second-order valence-electron chi connectivity index (χ2n) is 9.18. The van der Waals surface area contributed by atoms with Crippen molar-refractivity contribution in [3.05, 3.63) is 30.3 Å². The van der Waals surface area contributed by atoms with Gasteiger partial charge in [0.2, 0.25) is 5.91 Å². The lowest BCUT2D eigenvalue weighted by atomic mass is 9.94. The quantitative estimate of drug-likeness (QED) is 0.712. The van der Waals surface area contributed by atoms with Crippen LogP contribution in [0.3, 0.4) is 0 Å².